The van der Waals surface area contributed by atoms with Crippen molar-refractivity contribution in [3.05, 3.63) is 77.9 Å². The number of guanidine groups is 1. The van der Waals surface area contributed by atoms with Crippen LogP contribution in [-0.2, 0) is 13.0 Å². The van der Waals surface area contributed by atoms with Crippen LogP contribution in [0.4, 0.5) is 0 Å². The second-order valence-corrected chi connectivity index (χ2v) is 7.28. The number of carbonyl (C=O) groups is 1. The molecule has 0 bridgehead atoms. The molecule has 9 heteroatoms. The minimum absolute atomic E-state index is 0. The highest BCUT2D eigenvalue weighted by atomic mass is 127. The van der Waals surface area contributed by atoms with Crippen LogP contribution in [0.1, 0.15) is 28.4 Å². The number of carbonyl (C=O) groups excluding carboxylic acids is 1. The van der Waals surface area contributed by atoms with Crippen molar-refractivity contribution in [3.63, 3.8) is 0 Å². The van der Waals surface area contributed by atoms with Crippen LogP contribution in [0.15, 0.2) is 66.2 Å². The number of aliphatic imine (C=N–C) groups is 1. The number of halogens is 1. The second kappa shape index (κ2) is 12.8. The van der Waals surface area contributed by atoms with Crippen molar-refractivity contribution in [1.29, 1.82) is 0 Å². The third-order valence-corrected chi connectivity index (χ3v) is 4.67. The normalized spacial score (nSPS) is 10.9. The summed E-state index contributed by atoms with van der Waals surface area (Å²) in [5.41, 5.74) is 3.89. The zero-order chi connectivity index (χ0) is 22.1. The predicted molar refractivity (Wildman–Crippen MR) is 138 cm³/mol. The SMILES string of the molecule is CCNC(=NCc1ccc(-n2cncn2)cc1)NCCc1cccc(C(=O)N(C)C)c1.I. The molecule has 0 radical (unpaired) electrons. The summed E-state index contributed by atoms with van der Waals surface area (Å²) in [6.45, 7) is 4.11. The summed E-state index contributed by atoms with van der Waals surface area (Å²) in [5, 5.41) is 10.8. The number of aromatic nitrogens is 3. The third kappa shape index (κ3) is 7.33. The van der Waals surface area contributed by atoms with Gasteiger partial charge in [-0.05, 0) is 48.7 Å². The largest absolute Gasteiger partial charge is 0.357 e. The fraction of sp³-hybridized carbons (Fsp3) is 0.304. The van der Waals surface area contributed by atoms with Gasteiger partial charge in [0, 0.05) is 32.7 Å². The number of rotatable bonds is 8. The number of amides is 1. The smallest absolute Gasteiger partial charge is 0.253 e. The lowest BCUT2D eigenvalue weighted by molar-refractivity contribution is 0.0827. The Balaban J connectivity index is 0.00000363. The van der Waals surface area contributed by atoms with E-state index >= 15 is 0 Å². The topological polar surface area (TPSA) is 87.4 Å². The van der Waals surface area contributed by atoms with E-state index < -0.39 is 0 Å². The van der Waals surface area contributed by atoms with E-state index in [-0.39, 0.29) is 29.9 Å². The summed E-state index contributed by atoms with van der Waals surface area (Å²) in [6.07, 6.45) is 3.99. The molecule has 1 aromatic heterocycles. The van der Waals surface area contributed by atoms with Gasteiger partial charge in [0.1, 0.15) is 12.7 Å². The molecule has 0 aliphatic heterocycles. The van der Waals surface area contributed by atoms with E-state index in [9.17, 15) is 4.79 Å². The molecule has 1 heterocycles. The third-order valence-electron chi connectivity index (χ3n) is 4.67. The molecule has 0 aliphatic carbocycles. The predicted octanol–water partition coefficient (Wildman–Crippen LogP) is 2.88. The molecular formula is C23H30IN7O. The van der Waals surface area contributed by atoms with Gasteiger partial charge in [-0.3, -0.25) is 4.79 Å². The lowest BCUT2D eigenvalue weighted by Gasteiger charge is -2.13. The van der Waals surface area contributed by atoms with Crippen LogP contribution in [-0.4, -0.2) is 58.7 Å². The van der Waals surface area contributed by atoms with Crippen molar-refractivity contribution < 1.29 is 4.79 Å². The number of hydrogen-bond donors (Lipinski definition) is 2. The zero-order valence-electron chi connectivity index (χ0n) is 18.7. The van der Waals surface area contributed by atoms with Crippen LogP contribution >= 0.6 is 24.0 Å². The van der Waals surface area contributed by atoms with Gasteiger partial charge in [-0.25, -0.2) is 14.7 Å². The van der Waals surface area contributed by atoms with E-state index in [0.717, 1.165) is 42.3 Å². The fourth-order valence-electron chi connectivity index (χ4n) is 3.05. The minimum atomic E-state index is 0. The van der Waals surface area contributed by atoms with Gasteiger partial charge in [-0.1, -0.05) is 24.3 Å². The Bertz CT molecular complexity index is 1000. The molecule has 0 fully saturated rings. The number of hydrogen-bond acceptors (Lipinski definition) is 4. The van der Waals surface area contributed by atoms with E-state index in [1.165, 1.54) is 6.33 Å². The monoisotopic (exact) mass is 547 g/mol. The summed E-state index contributed by atoms with van der Waals surface area (Å²) in [4.78, 5) is 22.4. The molecule has 2 aromatic carbocycles. The number of nitrogens with one attached hydrogen (secondary N) is 2. The highest BCUT2D eigenvalue weighted by Crippen LogP contribution is 2.09. The lowest BCUT2D eigenvalue weighted by Crippen LogP contribution is -2.38. The molecule has 3 rings (SSSR count). The summed E-state index contributed by atoms with van der Waals surface area (Å²) in [6, 6.07) is 15.8. The van der Waals surface area contributed by atoms with Crippen molar-refractivity contribution in [2.75, 3.05) is 27.2 Å². The van der Waals surface area contributed by atoms with E-state index in [4.69, 9.17) is 0 Å². The highest BCUT2D eigenvalue weighted by molar-refractivity contribution is 14.0. The van der Waals surface area contributed by atoms with E-state index in [1.54, 1.807) is 30.0 Å². The van der Waals surface area contributed by atoms with Crippen LogP contribution in [0.25, 0.3) is 5.69 Å². The molecule has 32 heavy (non-hydrogen) atoms. The maximum absolute atomic E-state index is 12.1. The average Bonchev–Trinajstić information content (AvgIpc) is 3.32. The molecule has 0 atom stereocenters. The quantitative estimate of drug-likeness (QED) is 0.258. The first-order valence-corrected chi connectivity index (χ1v) is 10.3. The average molecular weight is 547 g/mol. The molecule has 0 saturated heterocycles. The van der Waals surface area contributed by atoms with Crippen LogP contribution in [0.3, 0.4) is 0 Å². The van der Waals surface area contributed by atoms with Crippen LogP contribution < -0.4 is 10.6 Å². The maximum atomic E-state index is 12.1. The standard InChI is InChI=1S/C23H29N7O.HI/c1-4-25-23(26-13-12-18-6-5-7-20(14-18)22(31)29(2)3)27-15-19-8-10-21(11-9-19)30-17-24-16-28-30;/h5-11,14,16-17H,4,12-13,15H2,1-3H3,(H2,25,26,27);1H. The van der Waals surface area contributed by atoms with Gasteiger partial charge >= 0.3 is 0 Å². The molecule has 0 aliphatic rings. The number of nitrogens with zero attached hydrogens (tertiary/aromatic N) is 5. The zero-order valence-corrected chi connectivity index (χ0v) is 21.0. The van der Waals surface area contributed by atoms with Crippen molar-refractivity contribution >= 4 is 35.8 Å². The molecule has 2 N–H and O–H groups in total. The van der Waals surface area contributed by atoms with Crippen molar-refractivity contribution in [2.24, 2.45) is 4.99 Å². The molecule has 3 aromatic rings. The summed E-state index contributed by atoms with van der Waals surface area (Å²) in [7, 11) is 3.52. The fourth-order valence-corrected chi connectivity index (χ4v) is 3.05. The Hall–Kier alpha value is -2.95. The Labute approximate surface area is 206 Å². The van der Waals surface area contributed by atoms with Gasteiger partial charge in [0.05, 0.1) is 12.2 Å². The maximum Gasteiger partial charge on any atom is 0.253 e. The first kappa shape index (κ1) is 25.3. The minimum Gasteiger partial charge on any atom is -0.357 e. The Morgan fingerprint density at radius 3 is 2.53 bits per heavy atom. The Morgan fingerprint density at radius 2 is 1.88 bits per heavy atom. The van der Waals surface area contributed by atoms with Crippen LogP contribution in [0, 0.1) is 0 Å². The molecule has 8 nitrogen and oxygen atoms in total. The number of benzene rings is 2. The van der Waals surface area contributed by atoms with Crippen LogP contribution in [0.2, 0.25) is 0 Å². The Kier molecular flexibility index (Phi) is 10.1. The molecular weight excluding hydrogens is 517 g/mol. The van der Waals surface area contributed by atoms with E-state index in [2.05, 4.69) is 25.7 Å². The van der Waals surface area contributed by atoms with E-state index in [1.807, 2.05) is 55.5 Å². The molecule has 0 spiro atoms. The first-order chi connectivity index (χ1) is 15.1. The summed E-state index contributed by atoms with van der Waals surface area (Å²) >= 11 is 0. The van der Waals surface area contributed by atoms with Gasteiger partial charge in [-0.15, -0.1) is 24.0 Å². The summed E-state index contributed by atoms with van der Waals surface area (Å²) in [5.74, 6) is 0.780. The van der Waals surface area contributed by atoms with Gasteiger partial charge < -0.3 is 15.5 Å². The highest BCUT2D eigenvalue weighted by Gasteiger charge is 2.08. The molecule has 170 valence electrons. The van der Waals surface area contributed by atoms with E-state index in [0.29, 0.717) is 12.1 Å². The van der Waals surface area contributed by atoms with Crippen LogP contribution in [0.5, 0.6) is 0 Å². The first-order valence-electron chi connectivity index (χ1n) is 10.3. The Morgan fingerprint density at radius 1 is 1.09 bits per heavy atom. The molecule has 1 amide bonds. The van der Waals surface area contributed by atoms with Crippen molar-refractivity contribution in [1.82, 2.24) is 30.3 Å². The molecule has 0 saturated carbocycles. The van der Waals surface area contributed by atoms with Gasteiger partial charge in [0.15, 0.2) is 5.96 Å². The lowest BCUT2D eigenvalue weighted by atomic mass is 10.1. The summed E-state index contributed by atoms with van der Waals surface area (Å²) < 4.78 is 1.72. The molecule has 0 unspecified atom stereocenters. The van der Waals surface area contributed by atoms with Gasteiger partial charge in [-0.2, -0.15) is 5.10 Å². The van der Waals surface area contributed by atoms with Gasteiger partial charge in [0.2, 0.25) is 0 Å². The van der Waals surface area contributed by atoms with Gasteiger partial charge in [0.25, 0.3) is 5.91 Å². The second-order valence-electron chi connectivity index (χ2n) is 7.28. The van der Waals surface area contributed by atoms with Crippen molar-refractivity contribution in [3.8, 4) is 5.69 Å². The van der Waals surface area contributed by atoms with Crippen molar-refractivity contribution in [2.45, 2.75) is 19.9 Å².